The quantitative estimate of drug-likeness (QED) is 0.787. The maximum absolute atomic E-state index is 12.5. The largest absolute Gasteiger partial charge is 0.497 e. The second-order valence-corrected chi connectivity index (χ2v) is 7.44. The molecule has 0 bridgehead atoms. The van der Waals surface area contributed by atoms with E-state index in [1.54, 1.807) is 42.5 Å². The molecule has 0 spiro atoms. The molecule has 0 unspecified atom stereocenters. The Morgan fingerprint density at radius 2 is 1.74 bits per heavy atom. The van der Waals surface area contributed by atoms with E-state index in [-0.39, 0.29) is 4.90 Å². The second kappa shape index (κ2) is 6.02. The van der Waals surface area contributed by atoms with Gasteiger partial charge in [-0.05, 0) is 41.8 Å². The number of nitrogens with one attached hydrogen (secondary N) is 1. The summed E-state index contributed by atoms with van der Waals surface area (Å²) < 4.78 is 32.7. The average Bonchev–Trinajstić information content (AvgIpc) is 2.54. The molecule has 0 atom stereocenters. The monoisotopic (exact) mass is 347 g/mol. The number of anilines is 1. The van der Waals surface area contributed by atoms with E-state index in [4.69, 9.17) is 4.74 Å². The first-order valence-corrected chi connectivity index (χ1v) is 8.99. The van der Waals surface area contributed by atoms with Gasteiger partial charge in [0.05, 0.1) is 7.11 Å². The van der Waals surface area contributed by atoms with Crippen LogP contribution in [0.15, 0.2) is 64.3 Å². The van der Waals surface area contributed by atoms with Gasteiger partial charge in [0.15, 0.2) is 0 Å². The third-order valence-electron chi connectivity index (χ3n) is 3.24. The highest BCUT2D eigenvalue weighted by Gasteiger charge is 2.19. The molecule has 3 rings (SSSR count). The Morgan fingerprint density at radius 3 is 2.43 bits per heavy atom. The van der Waals surface area contributed by atoms with Gasteiger partial charge in [0.1, 0.15) is 10.6 Å². The summed E-state index contributed by atoms with van der Waals surface area (Å²) in [6, 6.07) is 15.0. The normalized spacial score (nSPS) is 11.3. The first-order valence-electron chi connectivity index (χ1n) is 6.69. The van der Waals surface area contributed by atoms with Gasteiger partial charge < -0.3 is 4.74 Å². The van der Waals surface area contributed by atoms with Gasteiger partial charge >= 0.3 is 0 Å². The van der Waals surface area contributed by atoms with Crippen LogP contribution in [0.4, 0.5) is 5.69 Å². The first kappa shape index (κ1) is 15.5. The van der Waals surface area contributed by atoms with Gasteiger partial charge in [-0.2, -0.15) is 0 Å². The van der Waals surface area contributed by atoms with E-state index in [0.717, 1.165) is 16.0 Å². The molecule has 1 N–H and O–H groups in total. The zero-order valence-electron chi connectivity index (χ0n) is 12.1. The van der Waals surface area contributed by atoms with Crippen LogP contribution in [0.2, 0.25) is 0 Å². The van der Waals surface area contributed by atoms with Crippen LogP contribution in [0, 0.1) is 0 Å². The standard InChI is InChI=1S/C16H13NO4S2/c1-21-13-8-6-12(7-9-13)17-23(19,20)15-10-11-4-2-3-5-14(11)22-16(15)18/h2-10,17H,1H3. The third-order valence-corrected chi connectivity index (χ3v) is 5.75. The molecule has 0 fully saturated rings. The summed E-state index contributed by atoms with van der Waals surface area (Å²) in [4.78, 5) is 11.9. The molecular formula is C16H13NO4S2. The highest BCUT2D eigenvalue weighted by Crippen LogP contribution is 2.22. The molecule has 23 heavy (non-hydrogen) atoms. The highest BCUT2D eigenvalue weighted by atomic mass is 32.2. The molecule has 2 aromatic carbocycles. The number of rotatable bonds is 4. The van der Waals surface area contributed by atoms with Crippen LogP contribution in [0.3, 0.4) is 0 Å². The fourth-order valence-corrected chi connectivity index (χ4v) is 4.36. The molecule has 3 aromatic rings. The van der Waals surface area contributed by atoms with Crippen LogP contribution >= 0.6 is 11.3 Å². The number of hydrogen-bond acceptors (Lipinski definition) is 5. The number of fused-ring (bicyclic) bond motifs is 1. The molecular weight excluding hydrogens is 334 g/mol. The number of sulfonamides is 1. The van der Waals surface area contributed by atoms with Gasteiger partial charge in [-0.1, -0.05) is 29.5 Å². The lowest BCUT2D eigenvalue weighted by atomic mass is 10.2. The van der Waals surface area contributed by atoms with Crippen molar-refractivity contribution < 1.29 is 13.2 Å². The Kier molecular flexibility index (Phi) is 4.06. The number of benzene rings is 2. The summed E-state index contributed by atoms with van der Waals surface area (Å²) in [6.45, 7) is 0. The zero-order chi connectivity index (χ0) is 16.4. The fraction of sp³-hybridized carbons (Fsp3) is 0.0625. The molecule has 0 amide bonds. The van der Waals surface area contributed by atoms with Crippen LogP contribution in [0.5, 0.6) is 5.75 Å². The SMILES string of the molecule is COc1ccc(NS(=O)(=O)c2cc3ccccc3sc2=O)cc1. The van der Waals surface area contributed by atoms with E-state index < -0.39 is 14.8 Å². The Labute approximate surface area is 137 Å². The van der Waals surface area contributed by atoms with Crippen LogP contribution in [0.1, 0.15) is 0 Å². The molecule has 0 aliphatic heterocycles. The average molecular weight is 347 g/mol. The summed E-state index contributed by atoms with van der Waals surface area (Å²) in [5.41, 5.74) is 0.364. The molecule has 1 heterocycles. The Morgan fingerprint density at radius 1 is 1.04 bits per heavy atom. The summed E-state index contributed by atoms with van der Waals surface area (Å²) in [5.74, 6) is 0.616. The minimum Gasteiger partial charge on any atom is -0.497 e. The van der Waals surface area contributed by atoms with Gasteiger partial charge in [-0.25, -0.2) is 8.42 Å². The Hall–Kier alpha value is -2.38. The second-order valence-electron chi connectivity index (χ2n) is 4.77. The van der Waals surface area contributed by atoms with Gasteiger partial charge in [-0.3, -0.25) is 9.52 Å². The molecule has 0 saturated carbocycles. The molecule has 0 aliphatic rings. The van der Waals surface area contributed by atoms with Crippen molar-refractivity contribution in [2.24, 2.45) is 0 Å². The summed E-state index contributed by atoms with van der Waals surface area (Å²) in [6.07, 6.45) is 0. The van der Waals surface area contributed by atoms with E-state index in [0.29, 0.717) is 16.8 Å². The maximum Gasteiger partial charge on any atom is 0.266 e. The van der Waals surface area contributed by atoms with Gasteiger partial charge in [-0.15, -0.1) is 0 Å². The van der Waals surface area contributed by atoms with Gasteiger partial charge in [0.2, 0.25) is 0 Å². The lowest BCUT2D eigenvalue weighted by Gasteiger charge is -2.08. The van der Waals surface area contributed by atoms with E-state index in [9.17, 15) is 13.2 Å². The van der Waals surface area contributed by atoms with Crippen molar-refractivity contribution in [2.75, 3.05) is 11.8 Å². The minimum atomic E-state index is -3.95. The van der Waals surface area contributed by atoms with E-state index in [1.807, 2.05) is 6.07 Å². The van der Waals surface area contributed by atoms with Crippen LogP contribution in [0.25, 0.3) is 10.1 Å². The lowest BCUT2D eigenvalue weighted by Crippen LogP contribution is -2.19. The van der Waals surface area contributed by atoms with Crippen LogP contribution < -0.4 is 14.2 Å². The molecule has 0 saturated heterocycles. The summed E-state index contributed by atoms with van der Waals surface area (Å²) in [5, 5.41) is 0.715. The first-order chi connectivity index (χ1) is 11.0. The van der Waals surface area contributed by atoms with Crippen molar-refractivity contribution >= 4 is 37.1 Å². The molecule has 7 heteroatoms. The number of ether oxygens (including phenoxy) is 1. The highest BCUT2D eigenvalue weighted by molar-refractivity contribution is 7.92. The van der Waals surface area contributed by atoms with Crippen LogP contribution in [-0.2, 0) is 10.0 Å². The fourth-order valence-electron chi connectivity index (χ4n) is 2.10. The molecule has 0 aliphatic carbocycles. The molecule has 0 radical (unpaired) electrons. The van der Waals surface area contributed by atoms with Crippen molar-refractivity contribution in [3.63, 3.8) is 0 Å². The number of methoxy groups -OCH3 is 1. The topological polar surface area (TPSA) is 72.5 Å². The van der Waals surface area contributed by atoms with Crippen molar-refractivity contribution in [3.05, 3.63) is 64.1 Å². The summed E-state index contributed by atoms with van der Waals surface area (Å²) in [7, 11) is -2.42. The molecule has 118 valence electrons. The van der Waals surface area contributed by atoms with Gasteiger partial charge in [0, 0.05) is 10.4 Å². The predicted molar refractivity (Wildman–Crippen MR) is 91.9 cm³/mol. The zero-order valence-corrected chi connectivity index (χ0v) is 13.8. The Bertz CT molecular complexity index is 1010. The van der Waals surface area contributed by atoms with Gasteiger partial charge in [0.25, 0.3) is 14.8 Å². The van der Waals surface area contributed by atoms with Crippen molar-refractivity contribution in [1.82, 2.24) is 0 Å². The van der Waals surface area contributed by atoms with Crippen molar-refractivity contribution in [3.8, 4) is 5.75 Å². The summed E-state index contributed by atoms with van der Waals surface area (Å²) >= 11 is 0.917. The lowest BCUT2D eigenvalue weighted by molar-refractivity contribution is 0.415. The van der Waals surface area contributed by atoms with E-state index >= 15 is 0 Å². The molecule has 1 aromatic heterocycles. The van der Waals surface area contributed by atoms with E-state index in [2.05, 4.69) is 4.72 Å². The Balaban J connectivity index is 2.01. The number of hydrogen-bond donors (Lipinski definition) is 1. The third kappa shape index (κ3) is 3.20. The molecule has 5 nitrogen and oxygen atoms in total. The van der Waals surface area contributed by atoms with Crippen molar-refractivity contribution in [2.45, 2.75) is 4.90 Å². The van der Waals surface area contributed by atoms with E-state index in [1.165, 1.54) is 13.2 Å². The van der Waals surface area contributed by atoms with Crippen molar-refractivity contribution in [1.29, 1.82) is 0 Å². The minimum absolute atomic E-state index is 0.253. The van der Waals surface area contributed by atoms with Crippen LogP contribution in [-0.4, -0.2) is 15.5 Å². The smallest absolute Gasteiger partial charge is 0.266 e. The predicted octanol–water partition coefficient (Wildman–Crippen LogP) is 3.07. The maximum atomic E-state index is 12.5.